The van der Waals surface area contributed by atoms with Gasteiger partial charge in [0.15, 0.2) is 13.1 Å². The summed E-state index contributed by atoms with van der Waals surface area (Å²) in [7, 11) is 0. The Balaban J connectivity index is 3.55. The molecule has 4 heteroatoms. The van der Waals surface area contributed by atoms with Crippen molar-refractivity contribution in [2.75, 3.05) is 13.1 Å². The Bertz CT molecular complexity index is 320. The van der Waals surface area contributed by atoms with E-state index in [1.807, 2.05) is 0 Å². The van der Waals surface area contributed by atoms with Gasteiger partial charge in [-0.1, -0.05) is 90.9 Å². The molecule has 154 valence electrons. The van der Waals surface area contributed by atoms with E-state index in [-0.39, 0.29) is 0 Å². The first kappa shape index (κ1) is 24.9. The Morgan fingerprint density at radius 2 is 0.731 bits per heavy atom. The molecule has 4 nitrogen and oxygen atoms in total. The molecule has 26 heavy (non-hydrogen) atoms. The SMILES string of the molecule is CCCCCCCCCC/[N+]([O-])=C/C=[N+](\[O-])CCCCCCCCCC. The molecule has 0 aliphatic heterocycles. The molecule has 0 bridgehead atoms. The third-order valence-electron chi connectivity index (χ3n) is 4.86. The highest BCUT2D eigenvalue weighted by atomic mass is 16.5. The van der Waals surface area contributed by atoms with E-state index in [4.69, 9.17) is 0 Å². The van der Waals surface area contributed by atoms with Crippen molar-refractivity contribution in [3.8, 4) is 0 Å². The third-order valence-corrected chi connectivity index (χ3v) is 4.86. The van der Waals surface area contributed by atoms with Crippen LogP contribution in [0.2, 0.25) is 0 Å². The molecule has 0 aromatic heterocycles. The monoisotopic (exact) mass is 368 g/mol. The zero-order chi connectivity index (χ0) is 19.3. The number of hydrogen-bond donors (Lipinski definition) is 0. The van der Waals surface area contributed by atoms with Gasteiger partial charge in [0, 0.05) is 12.8 Å². The topological polar surface area (TPSA) is 52.1 Å². The molecule has 0 N–H and O–H groups in total. The molecule has 0 aliphatic carbocycles. The molecule has 0 atom stereocenters. The summed E-state index contributed by atoms with van der Waals surface area (Å²) in [6.45, 7) is 5.46. The van der Waals surface area contributed by atoms with Gasteiger partial charge in [-0.25, -0.2) is 9.48 Å². The lowest BCUT2D eigenvalue weighted by atomic mass is 10.1. The smallest absolute Gasteiger partial charge is 0.239 e. The maximum absolute atomic E-state index is 11.7. The second kappa shape index (κ2) is 20.3. The van der Waals surface area contributed by atoms with Gasteiger partial charge in [0.25, 0.3) is 0 Å². The number of unbranched alkanes of at least 4 members (excludes halogenated alkanes) is 14. The minimum atomic E-state index is 0.497. The van der Waals surface area contributed by atoms with Crippen LogP contribution in [0.15, 0.2) is 0 Å². The van der Waals surface area contributed by atoms with Gasteiger partial charge in [0.1, 0.15) is 0 Å². The van der Waals surface area contributed by atoms with Crippen LogP contribution in [0.1, 0.15) is 117 Å². The van der Waals surface area contributed by atoms with Gasteiger partial charge in [-0.15, -0.1) is 0 Å². The van der Waals surface area contributed by atoms with Crippen molar-refractivity contribution in [2.24, 2.45) is 0 Å². The van der Waals surface area contributed by atoms with Gasteiger partial charge in [0.2, 0.25) is 12.4 Å². The van der Waals surface area contributed by atoms with Crippen LogP contribution in [0.3, 0.4) is 0 Å². The van der Waals surface area contributed by atoms with Crippen molar-refractivity contribution in [1.82, 2.24) is 0 Å². The molecule has 0 saturated heterocycles. The Morgan fingerprint density at radius 3 is 1.04 bits per heavy atom. The van der Waals surface area contributed by atoms with Crippen molar-refractivity contribution in [3.63, 3.8) is 0 Å². The largest absolute Gasteiger partial charge is 0.624 e. The Labute approximate surface area is 162 Å². The van der Waals surface area contributed by atoms with Crippen LogP contribution in [0.4, 0.5) is 0 Å². The lowest BCUT2D eigenvalue weighted by Crippen LogP contribution is -2.13. The summed E-state index contributed by atoms with van der Waals surface area (Å²) >= 11 is 0. The van der Waals surface area contributed by atoms with E-state index in [2.05, 4.69) is 13.8 Å². The summed E-state index contributed by atoms with van der Waals surface area (Å²) < 4.78 is 1.80. The van der Waals surface area contributed by atoms with E-state index in [0.29, 0.717) is 13.1 Å². The van der Waals surface area contributed by atoms with E-state index in [1.165, 1.54) is 89.5 Å². The van der Waals surface area contributed by atoms with Crippen LogP contribution in [0.5, 0.6) is 0 Å². The average molecular weight is 369 g/mol. The number of rotatable bonds is 19. The predicted octanol–water partition coefficient (Wildman–Crippen LogP) is 6.43. The first-order valence-electron chi connectivity index (χ1n) is 11.3. The second-order valence-electron chi connectivity index (χ2n) is 7.53. The zero-order valence-electron chi connectivity index (χ0n) is 17.6. The summed E-state index contributed by atoms with van der Waals surface area (Å²) in [5, 5.41) is 23.4. The molecule has 0 rings (SSSR count). The molecule has 0 heterocycles. The van der Waals surface area contributed by atoms with E-state index in [0.717, 1.165) is 35.2 Å². The number of hydrogen-bond acceptors (Lipinski definition) is 2. The quantitative estimate of drug-likeness (QED) is 0.0867. The van der Waals surface area contributed by atoms with Crippen molar-refractivity contribution < 1.29 is 9.48 Å². The minimum absolute atomic E-state index is 0.497. The molecule has 0 aliphatic rings. The lowest BCUT2D eigenvalue weighted by molar-refractivity contribution is -0.465. The summed E-state index contributed by atoms with van der Waals surface area (Å²) in [5.41, 5.74) is 0. The molecule has 0 amide bonds. The second-order valence-corrected chi connectivity index (χ2v) is 7.53. The van der Waals surface area contributed by atoms with Crippen LogP contribution < -0.4 is 0 Å². The normalized spacial score (nSPS) is 12.7. The summed E-state index contributed by atoms with van der Waals surface area (Å²) in [6, 6.07) is 0. The van der Waals surface area contributed by atoms with Gasteiger partial charge in [-0.05, 0) is 12.8 Å². The predicted molar refractivity (Wildman–Crippen MR) is 114 cm³/mol. The fourth-order valence-electron chi connectivity index (χ4n) is 3.10. The van der Waals surface area contributed by atoms with Crippen LogP contribution in [-0.4, -0.2) is 35.0 Å². The highest BCUT2D eigenvalue weighted by Crippen LogP contribution is 2.09. The molecule has 0 aromatic carbocycles. The highest BCUT2D eigenvalue weighted by molar-refractivity contribution is 6.10. The standard InChI is InChI=1S/C22H44N2O2/c1-3-5-7-9-11-13-15-17-19-23(25)21-22-24(26)20-18-16-14-12-10-8-6-4-2/h21-22H,3-20H2,1-2H3/b23-21-,24-22-. The first-order valence-corrected chi connectivity index (χ1v) is 11.3. The Morgan fingerprint density at radius 1 is 0.462 bits per heavy atom. The van der Waals surface area contributed by atoms with Gasteiger partial charge in [-0.3, -0.25) is 0 Å². The third kappa shape index (κ3) is 19.3. The molecule has 0 spiro atoms. The fraction of sp³-hybridized carbons (Fsp3) is 0.909. The van der Waals surface area contributed by atoms with Crippen LogP contribution in [-0.2, 0) is 0 Å². The Kier molecular flexibility index (Phi) is 19.4. The van der Waals surface area contributed by atoms with Gasteiger partial charge in [-0.2, -0.15) is 0 Å². The molecule has 0 saturated carbocycles. The average Bonchev–Trinajstić information content (AvgIpc) is 2.64. The van der Waals surface area contributed by atoms with Crippen molar-refractivity contribution in [2.45, 2.75) is 117 Å². The van der Waals surface area contributed by atoms with Crippen molar-refractivity contribution in [1.29, 1.82) is 0 Å². The van der Waals surface area contributed by atoms with Crippen molar-refractivity contribution in [3.05, 3.63) is 10.4 Å². The van der Waals surface area contributed by atoms with Gasteiger partial charge in [0.05, 0.1) is 0 Å². The summed E-state index contributed by atoms with van der Waals surface area (Å²) in [6.07, 6.45) is 22.4. The molecular weight excluding hydrogens is 324 g/mol. The molecule has 0 aromatic rings. The van der Waals surface area contributed by atoms with Gasteiger partial charge >= 0.3 is 0 Å². The minimum Gasteiger partial charge on any atom is -0.624 e. The fourth-order valence-corrected chi connectivity index (χ4v) is 3.10. The van der Waals surface area contributed by atoms with E-state index >= 15 is 0 Å². The molecule has 0 unspecified atom stereocenters. The van der Waals surface area contributed by atoms with Crippen LogP contribution >= 0.6 is 0 Å². The number of hydroxylamine groups is 2. The maximum Gasteiger partial charge on any atom is 0.239 e. The van der Waals surface area contributed by atoms with E-state index in [9.17, 15) is 10.4 Å². The summed E-state index contributed by atoms with van der Waals surface area (Å²) in [5.74, 6) is 0. The van der Waals surface area contributed by atoms with Gasteiger partial charge < -0.3 is 10.4 Å². The highest BCUT2D eigenvalue weighted by Gasteiger charge is 1.98. The Hall–Kier alpha value is -1.06. The number of nitrogens with zero attached hydrogens (tertiary/aromatic N) is 2. The first-order chi connectivity index (χ1) is 12.7. The van der Waals surface area contributed by atoms with Crippen LogP contribution in [0, 0.1) is 10.4 Å². The summed E-state index contributed by atoms with van der Waals surface area (Å²) in [4.78, 5) is 0. The molecule has 0 fully saturated rings. The van der Waals surface area contributed by atoms with Crippen LogP contribution in [0.25, 0.3) is 0 Å². The lowest BCUT2D eigenvalue weighted by Gasteiger charge is -2.05. The molecular formula is C22H44N2O2. The van der Waals surface area contributed by atoms with Crippen molar-refractivity contribution >= 4 is 12.4 Å². The van der Waals surface area contributed by atoms with E-state index in [1.54, 1.807) is 0 Å². The van der Waals surface area contributed by atoms with E-state index < -0.39 is 0 Å². The maximum atomic E-state index is 11.7. The zero-order valence-corrected chi connectivity index (χ0v) is 17.6. The molecule has 0 radical (unpaired) electrons.